The number of ether oxygens (including phenoxy) is 2. The second-order valence-corrected chi connectivity index (χ2v) is 5.13. The molecule has 6 heteroatoms. The van der Waals surface area contributed by atoms with Crippen molar-refractivity contribution in [1.29, 1.82) is 0 Å². The lowest BCUT2D eigenvalue weighted by molar-refractivity contribution is -0.161. The SMILES string of the molecule is CCCNC(=O)C(=O)NC[C@@H]1COC2(CCCC2)O1. The minimum atomic E-state index is -0.607. The largest absolute Gasteiger partial charge is 0.348 e. The minimum absolute atomic E-state index is 0.152. The fourth-order valence-corrected chi connectivity index (χ4v) is 2.50. The second kappa shape index (κ2) is 6.34. The summed E-state index contributed by atoms with van der Waals surface area (Å²) in [6, 6.07) is 0. The fraction of sp³-hybridized carbons (Fsp3) is 0.846. The molecule has 1 heterocycles. The van der Waals surface area contributed by atoms with Gasteiger partial charge in [-0.1, -0.05) is 6.92 Å². The zero-order chi connectivity index (χ0) is 13.7. The number of hydrogen-bond acceptors (Lipinski definition) is 4. The van der Waals surface area contributed by atoms with Gasteiger partial charge in [0.05, 0.1) is 6.61 Å². The highest BCUT2D eigenvalue weighted by molar-refractivity contribution is 6.35. The first kappa shape index (κ1) is 14.3. The molecule has 19 heavy (non-hydrogen) atoms. The van der Waals surface area contributed by atoms with Crippen LogP contribution in [0.1, 0.15) is 39.0 Å². The van der Waals surface area contributed by atoms with E-state index in [1.165, 1.54) is 0 Å². The Hall–Kier alpha value is -1.14. The van der Waals surface area contributed by atoms with Crippen LogP contribution in [0.4, 0.5) is 0 Å². The fourth-order valence-electron chi connectivity index (χ4n) is 2.50. The molecule has 108 valence electrons. The van der Waals surface area contributed by atoms with Crippen molar-refractivity contribution in [2.45, 2.75) is 50.9 Å². The molecule has 1 aliphatic heterocycles. The van der Waals surface area contributed by atoms with Gasteiger partial charge in [-0.15, -0.1) is 0 Å². The number of carbonyl (C=O) groups excluding carboxylic acids is 2. The third kappa shape index (κ3) is 3.67. The van der Waals surface area contributed by atoms with Gasteiger partial charge in [0.15, 0.2) is 5.79 Å². The summed E-state index contributed by atoms with van der Waals surface area (Å²) in [5.41, 5.74) is 0. The normalized spacial score (nSPS) is 24.6. The van der Waals surface area contributed by atoms with Crippen molar-refractivity contribution in [3.63, 3.8) is 0 Å². The molecule has 2 N–H and O–H groups in total. The molecule has 0 bridgehead atoms. The maximum atomic E-state index is 11.5. The maximum absolute atomic E-state index is 11.5. The molecule has 0 unspecified atom stereocenters. The summed E-state index contributed by atoms with van der Waals surface area (Å²) in [7, 11) is 0. The topological polar surface area (TPSA) is 76.7 Å². The number of amides is 2. The quantitative estimate of drug-likeness (QED) is 0.721. The van der Waals surface area contributed by atoms with Crippen LogP contribution >= 0.6 is 0 Å². The first-order valence-corrected chi connectivity index (χ1v) is 7.03. The van der Waals surface area contributed by atoms with Gasteiger partial charge in [-0.2, -0.15) is 0 Å². The predicted octanol–water partition coefficient (Wildman–Crippen LogP) is 0.315. The smallest absolute Gasteiger partial charge is 0.309 e. The molecule has 6 nitrogen and oxygen atoms in total. The van der Waals surface area contributed by atoms with Crippen molar-refractivity contribution in [3.05, 3.63) is 0 Å². The maximum Gasteiger partial charge on any atom is 0.309 e. The third-order valence-corrected chi connectivity index (χ3v) is 3.51. The Bertz CT molecular complexity index is 340. The van der Waals surface area contributed by atoms with Crippen molar-refractivity contribution in [1.82, 2.24) is 10.6 Å². The summed E-state index contributed by atoms with van der Waals surface area (Å²) < 4.78 is 11.6. The van der Waals surface area contributed by atoms with E-state index in [0.29, 0.717) is 19.7 Å². The Morgan fingerprint density at radius 3 is 2.58 bits per heavy atom. The van der Waals surface area contributed by atoms with Gasteiger partial charge >= 0.3 is 11.8 Å². The van der Waals surface area contributed by atoms with Crippen molar-refractivity contribution in [3.8, 4) is 0 Å². The van der Waals surface area contributed by atoms with Crippen LogP contribution in [-0.2, 0) is 19.1 Å². The predicted molar refractivity (Wildman–Crippen MR) is 68.3 cm³/mol. The van der Waals surface area contributed by atoms with Gasteiger partial charge in [0.2, 0.25) is 0 Å². The number of carbonyl (C=O) groups is 2. The molecular weight excluding hydrogens is 248 g/mol. The molecule has 0 aromatic carbocycles. The highest BCUT2D eigenvalue weighted by Crippen LogP contribution is 2.38. The minimum Gasteiger partial charge on any atom is -0.348 e. The Kier molecular flexibility index (Phi) is 4.76. The van der Waals surface area contributed by atoms with Crippen LogP contribution in [0.5, 0.6) is 0 Å². The first-order chi connectivity index (χ1) is 9.15. The highest BCUT2D eigenvalue weighted by Gasteiger charge is 2.43. The van der Waals surface area contributed by atoms with E-state index in [1.54, 1.807) is 0 Å². The third-order valence-electron chi connectivity index (χ3n) is 3.51. The van der Waals surface area contributed by atoms with Gasteiger partial charge in [0, 0.05) is 25.9 Å². The van der Waals surface area contributed by atoms with E-state index in [-0.39, 0.29) is 6.10 Å². The number of hydrogen-bond donors (Lipinski definition) is 2. The number of nitrogens with one attached hydrogen (secondary N) is 2. The second-order valence-electron chi connectivity index (χ2n) is 5.13. The molecular formula is C13H22N2O4. The Balaban J connectivity index is 1.68. The van der Waals surface area contributed by atoms with Crippen LogP contribution in [0.25, 0.3) is 0 Å². The van der Waals surface area contributed by atoms with E-state index in [0.717, 1.165) is 32.1 Å². The standard InChI is InChI=1S/C13H22N2O4/c1-2-7-14-11(16)12(17)15-8-10-9-18-13(19-10)5-3-4-6-13/h10H,2-9H2,1H3,(H,14,16)(H,15,17)/t10-/m1/s1. The Morgan fingerprint density at radius 1 is 1.21 bits per heavy atom. The molecule has 0 aromatic heterocycles. The summed E-state index contributed by atoms with van der Waals surface area (Å²) in [5.74, 6) is -1.61. The molecule has 1 aliphatic carbocycles. The molecule has 1 atom stereocenters. The lowest BCUT2D eigenvalue weighted by atomic mass is 10.2. The van der Waals surface area contributed by atoms with Gasteiger partial charge in [-0.3, -0.25) is 9.59 Å². The first-order valence-electron chi connectivity index (χ1n) is 7.03. The zero-order valence-electron chi connectivity index (χ0n) is 11.4. The van der Waals surface area contributed by atoms with Crippen LogP contribution in [0.3, 0.4) is 0 Å². The average Bonchev–Trinajstić information content (AvgIpc) is 3.04. The van der Waals surface area contributed by atoms with Crippen molar-refractivity contribution in [2.24, 2.45) is 0 Å². The number of rotatable bonds is 4. The lowest BCUT2D eigenvalue weighted by Gasteiger charge is -2.21. The monoisotopic (exact) mass is 270 g/mol. The molecule has 2 rings (SSSR count). The van der Waals surface area contributed by atoms with E-state index in [2.05, 4.69) is 10.6 Å². The molecule has 1 saturated heterocycles. The van der Waals surface area contributed by atoms with E-state index in [9.17, 15) is 9.59 Å². The van der Waals surface area contributed by atoms with E-state index < -0.39 is 17.6 Å². The van der Waals surface area contributed by atoms with E-state index in [4.69, 9.17) is 9.47 Å². The summed E-state index contributed by atoms with van der Waals surface area (Å²) in [4.78, 5) is 22.9. The molecule has 0 radical (unpaired) electrons. The molecule has 1 saturated carbocycles. The Morgan fingerprint density at radius 2 is 1.89 bits per heavy atom. The molecule has 0 aromatic rings. The van der Waals surface area contributed by atoms with Crippen molar-refractivity contribution in [2.75, 3.05) is 19.7 Å². The van der Waals surface area contributed by atoms with Gasteiger partial charge in [-0.05, 0) is 19.3 Å². The zero-order valence-corrected chi connectivity index (χ0v) is 11.4. The molecule has 2 aliphatic rings. The average molecular weight is 270 g/mol. The van der Waals surface area contributed by atoms with Gasteiger partial charge in [0.1, 0.15) is 6.10 Å². The summed E-state index contributed by atoms with van der Waals surface area (Å²) in [6.07, 6.45) is 4.75. The van der Waals surface area contributed by atoms with Gasteiger partial charge in [0.25, 0.3) is 0 Å². The van der Waals surface area contributed by atoms with E-state index in [1.807, 2.05) is 6.92 Å². The van der Waals surface area contributed by atoms with Crippen LogP contribution < -0.4 is 10.6 Å². The summed E-state index contributed by atoms with van der Waals surface area (Å²) >= 11 is 0. The summed E-state index contributed by atoms with van der Waals surface area (Å²) in [5, 5.41) is 5.12. The lowest BCUT2D eigenvalue weighted by Crippen LogP contribution is -2.43. The van der Waals surface area contributed by atoms with Crippen molar-refractivity contribution >= 4 is 11.8 Å². The van der Waals surface area contributed by atoms with Gasteiger partial charge in [-0.25, -0.2) is 0 Å². The van der Waals surface area contributed by atoms with Crippen LogP contribution in [0, 0.1) is 0 Å². The summed E-state index contributed by atoms with van der Waals surface area (Å²) in [6.45, 7) is 3.25. The van der Waals surface area contributed by atoms with Crippen LogP contribution in [0.2, 0.25) is 0 Å². The Labute approximate surface area is 113 Å². The molecule has 2 fully saturated rings. The molecule has 2 amide bonds. The van der Waals surface area contributed by atoms with Gasteiger partial charge < -0.3 is 20.1 Å². The van der Waals surface area contributed by atoms with Crippen molar-refractivity contribution < 1.29 is 19.1 Å². The van der Waals surface area contributed by atoms with E-state index >= 15 is 0 Å². The highest BCUT2D eigenvalue weighted by atomic mass is 16.7. The van der Waals surface area contributed by atoms with Crippen LogP contribution in [0.15, 0.2) is 0 Å². The molecule has 1 spiro atoms. The van der Waals surface area contributed by atoms with Crippen LogP contribution in [-0.4, -0.2) is 43.4 Å².